The molecule has 4 atom stereocenters. The molecule has 170 valence electrons. The van der Waals surface area contributed by atoms with Gasteiger partial charge in [-0.1, -0.05) is 36.4 Å². The molecule has 1 spiro atoms. The SMILES string of the molecule is CN1CC[C@]23c4c5ccc(O)c4O[C@H]2C(=O)CC[C@@]3(OCCCc2ccccc2)[C@H]1C5.Cl. The molecule has 5 nitrogen and oxygen atoms in total. The van der Waals surface area contributed by atoms with Gasteiger partial charge < -0.3 is 19.5 Å². The molecular weight excluding hydrogens is 426 g/mol. The fraction of sp³-hybridized carbons (Fsp3) is 0.500. The van der Waals surface area contributed by atoms with Crippen LogP contribution in [0.15, 0.2) is 42.5 Å². The topological polar surface area (TPSA) is 59.0 Å². The summed E-state index contributed by atoms with van der Waals surface area (Å²) in [5.74, 6) is 0.818. The van der Waals surface area contributed by atoms with Gasteiger partial charge in [0.15, 0.2) is 23.4 Å². The zero-order chi connectivity index (χ0) is 21.2. The Morgan fingerprint density at radius 2 is 2.00 bits per heavy atom. The predicted octanol–water partition coefficient (Wildman–Crippen LogP) is 3.82. The summed E-state index contributed by atoms with van der Waals surface area (Å²) >= 11 is 0. The van der Waals surface area contributed by atoms with Crippen molar-refractivity contribution in [3.63, 3.8) is 0 Å². The van der Waals surface area contributed by atoms with Crippen molar-refractivity contribution in [1.29, 1.82) is 0 Å². The van der Waals surface area contributed by atoms with Gasteiger partial charge in [-0.25, -0.2) is 0 Å². The highest BCUT2D eigenvalue weighted by atomic mass is 35.5. The van der Waals surface area contributed by atoms with Gasteiger partial charge >= 0.3 is 0 Å². The molecule has 32 heavy (non-hydrogen) atoms. The zero-order valence-electron chi connectivity index (χ0n) is 18.4. The van der Waals surface area contributed by atoms with Gasteiger partial charge in [0, 0.05) is 24.6 Å². The van der Waals surface area contributed by atoms with Crippen LogP contribution in [0.3, 0.4) is 0 Å². The summed E-state index contributed by atoms with van der Waals surface area (Å²) in [6.45, 7) is 1.56. The number of aryl methyl sites for hydroxylation is 1. The highest BCUT2D eigenvalue weighted by Crippen LogP contribution is 2.65. The van der Waals surface area contributed by atoms with Crippen molar-refractivity contribution in [2.45, 2.75) is 61.7 Å². The number of carbonyl (C=O) groups is 1. The van der Waals surface area contributed by atoms with Crippen LogP contribution in [0.1, 0.15) is 42.4 Å². The Labute approximate surface area is 195 Å². The quantitative estimate of drug-likeness (QED) is 0.694. The van der Waals surface area contributed by atoms with E-state index >= 15 is 0 Å². The largest absolute Gasteiger partial charge is 0.504 e. The molecule has 1 saturated carbocycles. The molecule has 1 N–H and O–H groups in total. The molecule has 2 aliphatic heterocycles. The Bertz CT molecular complexity index is 1040. The van der Waals surface area contributed by atoms with Crippen molar-refractivity contribution < 1.29 is 19.4 Å². The number of likely N-dealkylation sites (N-methyl/N-ethyl adjacent to an activating group) is 1. The number of likely N-dealkylation sites (tertiary alicyclic amines) is 1. The maximum atomic E-state index is 13.1. The first kappa shape index (κ1) is 21.7. The standard InChI is InChI=1S/C26H29NO4.ClH/c1-27-14-13-25-22-18-9-10-19(28)23(22)31-24(25)20(29)11-12-26(25,21(27)16-18)30-15-5-8-17-6-3-2-4-7-17;/h2-4,6-7,9-10,21,24,28H,5,8,11-16H2,1H3;1H/t21-,24+,25+,26-;/m1./s1. The number of benzene rings is 2. The second-order valence-corrected chi connectivity index (χ2v) is 9.66. The molecule has 4 aliphatic rings. The van der Waals surface area contributed by atoms with E-state index in [1.807, 2.05) is 12.1 Å². The predicted molar refractivity (Wildman–Crippen MR) is 124 cm³/mol. The molecule has 2 aliphatic carbocycles. The van der Waals surface area contributed by atoms with Gasteiger partial charge in [0.25, 0.3) is 0 Å². The number of hydrogen-bond donors (Lipinski definition) is 1. The highest BCUT2D eigenvalue weighted by molar-refractivity contribution is 5.90. The maximum absolute atomic E-state index is 13.1. The van der Waals surface area contributed by atoms with Gasteiger partial charge in [-0.3, -0.25) is 4.79 Å². The molecule has 2 aromatic carbocycles. The Morgan fingerprint density at radius 1 is 1.19 bits per heavy atom. The van der Waals surface area contributed by atoms with Crippen molar-refractivity contribution in [1.82, 2.24) is 4.90 Å². The number of nitrogens with zero attached hydrogens (tertiary/aromatic N) is 1. The highest BCUT2D eigenvalue weighted by Gasteiger charge is 2.73. The number of rotatable bonds is 5. The lowest BCUT2D eigenvalue weighted by molar-refractivity contribution is -0.210. The Balaban J connectivity index is 0.00000216. The van der Waals surface area contributed by atoms with Gasteiger partial charge in [0.2, 0.25) is 0 Å². The minimum Gasteiger partial charge on any atom is -0.504 e. The summed E-state index contributed by atoms with van der Waals surface area (Å²) in [6, 6.07) is 14.5. The third-order valence-corrected chi connectivity index (χ3v) is 8.30. The van der Waals surface area contributed by atoms with Crippen LogP contribution >= 0.6 is 12.4 Å². The number of phenolic OH excluding ortho intramolecular Hbond substituents is 1. The lowest BCUT2D eigenvalue weighted by Gasteiger charge is -2.64. The smallest absolute Gasteiger partial charge is 0.174 e. The van der Waals surface area contributed by atoms with Gasteiger partial charge in [-0.2, -0.15) is 0 Å². The summed E-state index contributed by atoms with van der Waals surface area (Å²) in [5.41, 5.74) is 2.62. The van der Waals surface area contributed by atoms with Crippen LogP contribution in [0, 0.1) is 0 Å². The second-order valence-electron chi connectivity index (χ2n) is 9.66. The lowest BCUT2D eigenvalue weighted by Crippen LogP contribution is -2.77. The molecule has 6 rings (SSSR count). The number of Topliss-reactive ketones (excluding diaryl/α,β-unsaturated/α-hetero) is 1. The summed E-state index contributed by atoms with van der Waals surface area (Å²) in [6.07, 6.45) is 4.25. The van der Waals surface area contributed by atoms with Crippen molar-refractivity contribution >= 4 is 18.2 Å². The summed E-state index contributed by atoms with van der Waals surface area (Å²) < 4.78 is 13.2. The van der Waals surface area contributed by atoms with E-state index in [2.05, 4.69) is 36.2 Å². The summed E-state index contributed by atoms with van der Waals surface area (Å²) in [5, 5.41) is 10.6. The van der Waals surface area contributed by atoms with E-state index in [-0.39, 0.29) is 30.0 Å². The fourth-order valence-corrected chi connectivity index (χ4v) is 6.98. The monoisotopic (exact) mass is 455 g/mol. The third kappa shape index (κ3) is 2.74. The van der Waals surface area contributed by atoms with Crippen LogP contribution in [-0.4, -0.2) is 53.7 Å². The third-order valence-electron chi connectivity index (χ3n) is 8.30. The number of ether oxygens (including phenoxy) is 2. The van der Waals surface area contributed by atoms with Crippen LogP contribution < -0.4 is 4.74 Å². The molecule has 0 unspecified atom stereocenters. The molecule has 0 aromatic heterocycles. The summed E-state index contributed by atoms with van der Waals surface area (Å²) in [4.78, 5) is 15.5. The average Bonchev–Trinajstić information content (AvgIpc) is 3.15. The van der Waals surface area contributed by atoms with Crippen LogP contribution in [0.4, 0.5) is 0 Å². The van der Waals surface area contributed by atoms with E-state index in [0.717, 1.165) is 44.2 Å². The summed E-state index contributed by atoms with van der Waals surface area (Å²) in [7, 11) is 2.18. The van der Waals surface area contributed by atoms with Gasteiger partial charge in [-0.05, 0) is 62.9 Å². The second kappa shape index (κ2) is 7.75. The molecule has 0 radical (unpaired) electrons. The van der Waals surface area contributed by atoms with E-state index in [9.17, 15) is 9.90 Å². The number of aromatic hydroxyl groups is 1. The molecule has 0 amide bonds. The van der Waals surface area contributed by atoms with E-state index in [1.165, 1.54) is 11.1 Å². The fourth-order valence-electron chi connectivity index (χ4n) is 6.98. The van der Waals surface area contributed by atoms with Crippen molar-refractivity contribution in [2.24, 2.45) is 0 Å². The van der Waals surface area contributed by atoms with Gasteiger partial charge in [0.1, 0.15) is 0 Å². The molecule has 2 heterocycles. The minimum absolute atomic E-state index is 0. The van der Waals surface area contributed by atoms with Crippen molar-refractivity contribution in [3.05, 3.63) is 59.2 Å². The number of phenols is 1. The number of carbonyl (C=O) groups excluding carboxylic acids is 1. The first-order chi connectivity index (χ1) is 15.1. The van der Waals surface area contributed by atoms with Crippen LogP contribution in [-0.2, 0) is 27.8 Å². The Morgan fingerprint density at radius 3 is 2.81 bits per heavy atom. The normalized spacial score (nSPS) is 32.1. The molecular formula is C26H30ClNO4. The zero-order valence-corrected chi connectivity index (χ0v) is 19.2. The van der Waals surface area contributed by atoms with Gasteiger partial charge in [-0.15, -0.1) is 12.4 Å². The van der Waals surface area contributed by atoms with Crippen LogP contribution in [0.5, 0.6) is 11.5 Å². The molecule has 2 aromatic rings. The number of piperidine rings is 1. The molecule has 2 bridgehead atoms. The van der Waals surface area contributed by atoms with Crippen molar-refractivity contribution in [2.75, 3.05) is 20.2 Å². The van der Waals surface area contributed by atoms with E-state index < -0.39 is 17.1 Å². The Kier molecular flexibility index (Phi) is 5.27. The van der Waals surface area contributed by atoms with E-state index in [0.29, 0.717) is 18.8 Å². The molecule has 1 saturated heterocycles. The average molecular weight is 456 g/mol. The van der Waals surface area contributed by atoms with Crippen LogP contribution in [0.25, 0.3) is 0 Å². The molecule has 6 heteroatoms. The molecule has 2 fully saturated rings. The Hall–Kier alpha value is -2.08. The van der Waals surface area contributed by atoms with Gasteiger partial charge in [0.05, 0.1) is 11.0 Å². The minimum atomic E-state index is -0.547. The van der Waals surface area contributed by atoms with E-state index in [4.69, 9.17) is 9.47 Å². The van der Waals surface area contributed by atoms with Crippen LogP contribution in [0.2, 0.25) is 0 Å². The lowest BCUT2D eigenvalue weighted by atomic mass is 9.49. The number of ketones is 1. The first-order valence-corrected chi connectivity index (χ1v) is 11.5. The maximum Gasteiger partial charge on any atom is 0.174 e. The van der Waals surface area contributed by atoms with Crippen molar-refractivity contribution in [3.8, 4) is 11.5 Å². The first-order valence-electron chi connectivity index (χ1n) is 11.5. The number of hydrogen-bond acceptors (Lipinski definition) is 5. The van der Waals surface area contributed by atoms with E-state index in [1.54, 1.807) is 6.07 Å². The number of halogens is 1.